The highest BCUT2D eigenvalue weighted by Gasteiger charge is 2.48. The second-order valence-corrected chi connectivity index (χ2v) is 4.17. The first-order chi connectivity index (χ1) is 8.36. The van der Waals surface area contributed by atoms with Crippen molar-refractivity contribution in [1.29, 1.82) is 0 Å². The highest BCUT2D eigenvalue weighted by molar-refractivity contribution is 6.18. The highest BCUT2D eigenvalue weighted by Crippen LogP contribution is 2.25. The van der Waals surface area contributed by atoms with Crippen LogP contribution in [0.5, 0.6) is 0 Å². The summed E-state index contributed by atoms with van der Waals surface area (Å²) >= 11 is 5.55. The number of aliphatic hydroxyl groups excluding tert-OH is 2. The number of hydrogen-bond donors (Lipinski definition) is 2. The molecule has 0 aromatic carbocycles. The van der Waals surface area contributed by atoms with Gasteiger partial charge in [0.25, 0.3) is 0 Å². The number of alkyl halides is 1. The average Bonchev–Trinajstić information content (AvgIpc) is 2.27. The summed E-state index contributed by atoms with van der Waals surface area (Å²) in [5.41, 5.74) is 0. The zero-order chi connectivity index (χ0) is 13.9. The summed E-state index contributed by atoms with van der Waals surface area (Å²) < 4.78 is 14.6. The van der Waals surface area contributed by atoms with Crippen LogP contribution < -0.4 is 0 Å². The third-order valence-electron chi connectivity index (χ3n) is 2.39. The molecule has 0 spiro atoms. The van der Waals surface area contributed by atoms with Crippen LogP contribution in [0, 0.1) is 0 Å². The Balaban J connectivity index is 2.89. The largest absolute Gasteiger partial charge is 0.455 e. The van der Waals surface area contributed by atoms with Crippen molar-refractivity contribution in [2.24, 2.45) is 0 Å². The van der Waals surface area contributed by atoms with Gasteiger partial charge >= 0.3 is 11.9 Å². The van der Waals surface area contributed by atoms with E-state index in [2.05, 4.69) is 0 Å². The van der Waals surface area contributed by atoms with E-state index in [0.29, 0.717) is 0 Å². The minimum atomic E-state index is -1.52. The molecule has 0 aliphatic carbocycles. The molecule has 1 saturated heterocycles. The van der Waals surface area contributed by atoms with E-state index in [4.69, 9.17) is 25.8 Å². The Labute approximate surface area is 109 Å². The molecule has 0 saturated carbocycles. The summed E-state index contributed by atoms with van der Waals surface area (Å²) in [6, 6.07) is 0. The number of rotatable bonds is 3. The monoisotopic (exact) mass is 282 g/mol. The van der Waals surface area contributed by atoms with Crippen LogP contribution in [0.1, 0.15) is 13.8 Å². The summed E-state index contributed by atoms with van der Waals surface area (Å²) in [4.78, 5) is 21.9. The lowest BCUT2D eigenvalue weighted by atomic mass is 9.99. The van der Waals surface area contributed by atoms with E-state index in [1.807, 2.05) is 0 Å². The SMILES string of the molecule is CC(=O)O[C@H]1[C@H](O)[C@@H](CCl)O[C@H](O)[C@H]1OC(C)=O. The van der Waals surface area contributed by atoms with Gasteiger partial charge in [0.05, 0.1) is 5.88 Å². The van der Waals surface area contributed by atoms with E-state index in [0.717, 1.165) is 13.8 Å². The molecule has 104 valence electrons. The second-order valence-electron chi connectivity index (χ2n) is 3.86. The van der Waals surface area contributed by atoms with Crippen LogP contribution >= 0.6 is 11.6 Å². The summed E-state index contributed by atoms with van der Waals surface area (Å²) in [6.07, 6.45) is -6.25. The van der Waals surface area contributed by atoms with Crippen LogP contribution in [0.4, 0.5) is 0 Å². The molecule has 18 heavy (non-hydrogen) atoms. The standard InChI is InChI=1S/C10H15ClO7/c1-4(12)16-8-7(14)6(3-11)18-10(15)9(8)17-5(2)13/h6-10,14-15H,3H2,1-2H3/t6-,7-,8+,9+,10+/m1/s1. The van der Waals surface area contributed by atoms with Gasteiger partial charge in [-0.2, -0.15) is 0 Å². The summed E-state index contributed by atoms with van der Waals surface area (Å²) in [5.74, 6) is -1.49. The van der Waals surface area contributed by atoms with Crippen molar-refractivity contribution in [3.8, 4) is 0 Å². The molecule has 1 fully saturated rings. The first-order valence-electron chi connectivity index (χ1n) is 5.28. The minimum absolute atomic E-state index is 0.108. The molecule has 0 aromatic rings. The first-order valence-corrected chi connectivity index (χ1v) is 5.82. The van der Waals surface area contributed by atoms with Gasteiger partial charge in [0.2, 0.25) is 0 Å². The quantitative estimate of drug-likeness (QED) is 0.514. The van der Waals surface area contributed by atoms with E-state index in [-0.39, 0.29) is 5.88 Å². The van der Waals surface area contributed by atoms with Gasteiger partial charge in [-0.3, -0.25) is 9.59 Å². The van der Waals surface area contributed by atoms with Crippen molar-refractivity contribution in [2.75, 3.05) is 5.88 Å². The molecule has 8 heteroatoms. The van der Waals surface area contributed by atoms with Crippen LogP contribution in [0.15, 0.2) is 0 Å². The molecule has 0 amide bonds. The zero-order valence-corrected chi connectivity index (χ0v) is 10.7. The predicted octanol–water partition coefficient (Wildman–Crippen LogP) is -0.833. The number of esters is 2. The third-order valence-corrected chi connectivity index (χ3v) is 2.70. The molecular formula is C10H15ClO7. The Morgan fingerprint density at radius 3 is 2.11 bits per heavy atom. The van der Waals surface area contributed by atoms with Gasteiger partial charge in [-0.15, -0.1) is 11.6 Å². The Hall–Kier alpha value is -0.890. The van der Waals surface area contributed by atoms with Gasteiger partial charge in [-0.05, 0) is 0 Å². The number of aliphatic hydroxyl groups is 2. The Kier molecular flexibility index (Phi) is 5.33. The maximum absolute atomic E-state index is 11.0. The molecule has 2 N–H and O–H groups in total. The van der Waals surface area contributed by atoms with Crippen LogP contribution in [-0.2, 0) is 23.8 Å². The van der Waals surface area contributed by atoms with Crippen molar-refractivity contribution >= 4 is 23.5 Å². The molecule has 1 aliphatic rings. The minimum Gasteiger partial charge on any atom is -0.455 e. The summed E-state index contributed by atoms with van der Waals surface area (Å²) in [5, 5.41) is 19.5. The highest BCUT2D eigenvalue weighted by atomic mass is 35.5. The Morgan fingerprint density at radius 1 is 1.17 bits per heavy atom. The smallest absolute Gasteiger partial charge is 0.303 e. The Morgan fingerprint density at radius 2 is 1.67 bits per heavy atom. The van der Waals surface area contributed by atoms with Crippen molar-refractivity contribution in [2.45, 2.75) is 44.6 Å². The number of hydrogen-bond acceptors (Lipinski definition) is 7. The zero-order valence-electron chi connectivity index (χ0n) is 9.91. The molecule has 1 rings (SSSR count). The van der Waals surface area contributed by atoms with Gasteiger partial charge in [0.1, 0.15) is 12.2 Å². The van der Waals surface area contributed by atoms with Crippen LogP contribution in [-0.4, -0.2) is 58.7 Å². The number of halogens is 1. The summed E-state index contributed by atoms with van der Waals surface area (Å²) in [6.45, 7) is 2.26. The lowest BCUT2D eigenvalue weighted by molar-refractivity contribution is -0.284. The average molecular weight is 283 g/mol. The molecular weight excluding hydrogens is 268 g/mol. The maximum atomic E-state index is 11.0. The number of carbonyl (C=O) groups is 2. The van der Waals surface area contributed by atoms with Crippen LogP contribution in [0.2, 0.25) is 0 Å². The van der Waals surface area contributed by atoms with E-state index in [9.17, 15) is 19.8 Å². The number of ether oxygens (including phenoxy) is 3. The van der Waals surface area contributed by atoms with Gasteiger partial charge < -0.3 is 24.4 Å². The topological polar surface area (TPSA) is 102 Å². The fourth-order valence-electron chi connectivity index (χ4n) is 1.68. The molecule has 0 aromatic heterocycles. The second kappa shape index (κ2) is 6.33. The lowest BCUT2D eigenvalue weighted by Gasteiger charge is -2.40. The molecule has 5 atom stereocenters. The van der Waals surface area contributed by atoms with Gasteiger partial charge in [0, 0.05) is 13.8 Å². The van der Waals surface area contributed by atoms with Gasteiger partial charge in [-0.25, -0.2) is 0 Å². The van der Waals surface area contributed by atoms with E-state index >= 15 is 0 Å². The van der Waals surface area contributed by atoms with Crippen molar-refractivity contribution in [1.82, 2.24) is 0 Å². The van der Waals surface area contributed by atoms with Crippen molar-refractivity contribution < 1.29 is 34.0 Å². The Bertz CT molecular complexity index is 321. The molecule has 1 aliphatic heterocycles. The van der Waals surface area contributed by atoms with E-state index in [1.165, 1.54) is 0 Å². The molecule has 0 bridgehead atoms. The fraction of sp³-hybridized carbons (Fsp3) is 0.800. The first kappa shape index (κ1) is 15.2. The molecule has 0 radical (unpaired) electrons. The van der Waals surface area contributed by atoms with Crippen LogP contribution in [0.3, 0.4) is 0 Å². The van der Waals surface area contributed by atoms with E-state index in [1.54, 1.807) is 0 Å². The fourth-order valence-corrected chi connectivity index (χ4v) is 1.93. The normalized spacial score (nSPS) is 35.9. The molecule has 0 unspecified atom stereocenters. The molecule has 7 nitrogen and oxygen atoms in total. The summed E-state index contributed by atoms with van der Waals surface area (Å²) in [7, 11) is 0. The van der Waals surface area contributed by atoms with Crippen LogP contribution in [0.25, 0.3) is 0 Å². The molecule has 1 heterocycles. The third kappa shape index (κ3) is 3.55. The van der Waals surface area contributed by atoms with Gasteiger partial charge in [0.15, 0.2) is 18.5 Å². The maximum Gasteiger partial charge on any atom is 0.303 e. The van der Waals surface area contributed by atoms with E-state index < -0.39 is 42.6 Å². The van der Waals surface area contributed by atoms with Gasteiger partial charge in [-0.1, -0.05) is 0 Å². The number of carbonyl (C=O) groups excluding carboxylic acids is 2. The van der Waals surface area contributed by atoms with Crippen molar-refractivity contribution in [3.05, 3.63) is 0 Å². The lowest BCUT2D eigenvalue weighted by Crippen LogP contribution is -2.60. The predicted molar refractivity (Wildman–Crippen MR) is 58.7 cm³/mol. The van der Waals surface area contributed by atoms with Crippen molar-refractivity contribution in [3.63, 3.8) is 0 Å².